The Labute approximate surface area is 148 Å². The Morgan fingerprint density at radius 2 is 1.26 bits per heavy atom. The SMILES string of the molecule is CC.CC.CC.CCC1CCC(=O)N(C)C1.[B].c1ccccc1. The van der Waals surface area contributed by atoms with Gasteiger partial charge in [-0.15, -0.1) is 0 Å². The van der Waals surface area contributed by atoms with E-state index >= 15 is 0 Å². The van der Waals surface area contributed by atoms with Crippen molar-refractivity contribution in [3.8, 4) is 0 Å². The molecule has 3 radical (unpaired) electrons. The number of carbonyl (C=O) groups excluding carboxylic acids is 1. The first-order valence-corrected chi connectivity index (χ1v) is 8.98. The second-order valence-corrected chi connectivity index (χ2v) is 4.24. The molecule has 1 aliphatic rings. The molecule has 1 saturated heterocycles. The van der Waals surface area contributed by atoms with E-state index in [9.17, 15) is 4.79 Å². The highest BCUT2D eigenvalue weighted by molar-refractivity contribution is 5.76. The van der Waals surface area contributed by atoms with Crippen LogP contribution in [0.4, 0.5) is 0 Å². The Morgan fingerprint density at radius 1 is 0.913 bits per heavy atom. The third-order valence-electron chi connectivity index (χ3n) is 2.97. The average Bonchev–Trinajstić information content (AvgIpc) is 2.64. The van der Waals surface area contributed by atoms with Crippen molar-refractivity contribution in [3.63, 3.8) is 0 Å². The maximum absolute atomic E-state index is 11.0. The summed E-state index contributed by atoms with van der Waals surface area (Å²) in [6.45, 7) is 15.2. The molecule has 0 spiro atoms. The molecule has 1 amide bonds. The van der Waals surface area contributed by atoms with Crippen LogP contribution in [0.15, 0.2) is 36.4 Å². The molecule has 1 aliphatic heterocycles. The van der Waals surface area contributed by atoms with Gasteiger partial charge in [-0.25, -0.2) is 0 Å². The highest BCUT2D eigenvalue weighted by Gasteiger charge is 2.20. The van der Waals surface area contributed by atoms with E-state index in [0.717, 1.165) is 25.3 Å². The van der Waals surface area contributed by atoms with Crippen LogP contribution in [0.5, 0.6) is 0 Å². The summed E-state index contributed by atoms with van der Waals surface area (Å²) in [5, 5.41) is 0. The van der Waals surface area contributed by atoms with Crippen molar-refractivity contribution >= 4 is 14.3 Å². The van der Waals surface area contributed by atoms with Crippen molar-refractivity contribution in [2.45, 2.75) is 67.7 Å². The van der Waals surface area contributed by atoms with Gasteiger partial charge in [-0.3, -0.25) is 4.79 Å². The fourth-order valence-corrected chi connectivity index (χ4v) is 1.82. The second kappa shape index (κ2) is 25.7. The van der Waals surface area contributed by atoms with Gasteiger partial charge in [0.15, 0.2) is 0 Å². The summed E-state index contributed by atoms with van der Waals surface area (Å²) in [7, 11) is 1.89. The molecule has 0 aliphatic carbocycles. The second-order valence-electron chi connectivity index (χ2n) is 4.24. The third-order valence-corrected chi connectivity index (χ3v) is 2.97. The van der Waals surface area contributed by atoms with Gasteiger partial charge in [-0.1, -0.05) is 91.3 Å². The predicted molar refractivity (Wildman–Crippen MR) is 107 cm³/mol. The summed E-state index contributed by atoms with van der Waals surface area (Å²) < 4.78 is 0. The van der Waals surface area contributed by atoms with Crippen LogP contribution in [0.3, 0.4) is 0 Å². The van der Waals surface area contributed by atoms with Gasteiger partial charge < -0.3 is 4.90 Å². The van der Waals surface area contributed by atoms with E-state index in [-0.39, 0.29) is 8.41 Å². The molecule has 23 heavy (non-hydrogen) atoms. The Bertz CT molecular complexity index is 277. The van der Waals surface area contributed by atoms with Gasteiger partial charge in [0, 0.05) is 28.4 Å². The summed E-state index contributed by atoms with van der Waals surface area (Å²) in [6.07, 6.45) is 3.06. The van der Waals surface area contributed by atoms with Gasteiger partial charge in [0.05, 0.1) is 0 Å². The third kappa shape index (κ3) is 18.7. The fourth-order valence-electron chi connectivity index (χ4n) is 1.82. The number of amides is 1. The minimum absolute atomic E-state index is 0. The van der Waals surface area contributed by atoms with Crippen LogP contribution in [0.1, 0.15) is 67.7 Å². The number of hydrogen-bond donors (Lipinski definition) is 0. The van der Waals surface area contributed by atoms with E-state index in [4.69, 9.17) is 0 Å². The lowest BCUT2D eigenvalue weighted by molar-refractivity contribution is -0.133. The average molecular weight is 320 g/mol. The van der Waals surface area contributed by atoms with Gasteiger partial charge in [0.2, 0.25) is 5.91 Å². The molecule has 3 heteroatoms. The van der Waals surface area contributed by atoms with E-state index in [2.05, 4.69) is 6.92 Å². The van der Waals surface area contributed by atoms with Crippen LogP contribution in [0, 0.1) is 5.92 Å². The molecule has 0 saturated carbocycles. The number of likely N-dealkylation sites (tertiary alicyclic amines) is 1. The smallest absolute Gasteiger partial charge is 0.222 e. The van der Waals surface area contributed by atoms with Gasteiger partial charge in [0.1, 0.15) is 0 Å². The van der Waals surface area contributed by atoms with Crippen LogP contribution in [0.2, 0.25) is 0 Å². The van der Waals surface area contributed by atoms with E-state index in [1.807, 2.05) is 89.9 Å². The Morgan fingerprint density at radius 3 is 1.52 bits per heavy atom. The largest absolute Gasteiger partial charge is 0.345 e. The highest BCUT2D eigenvalue weighted by Crippen LogP contribution is 2.18. The summed E-state index contributed by atoms with van der Waals surface area (Å²) in [6, 6.07) is 12.0. The zero-order valence-corrected chi connectivity index (χ0v) is 16.8. The minimum atomic E-state index is 0. The summed E-state index contributed by atoms with van der Waals surface area (Å²) in [5.41, 5.74) is 0. The molecule has 0 aromatic heterocycles. The zero-order chi connectivity index (χ0) is 17.8. The molecule has 1 aromatic carbocycles. The normalized spacial score (nSPS) is 14.7. The molecule has 2 rings (SSSR count). The molecule has 1 unspecified atom stereocenters. The Hall–Kier alpha value is -1.25. The zero-order valence-electron chi connectivity index (χ0n) is 16.8. The van der Waals surface area contributed by atoms with Crippen molar-refractivity contribution in [2.24, 2.45) is 5.92 Å². The monoisotopic (exact) mass is 320 g/mol. The predicted octanol–water partition coefficient (Wildman–Crippen LogP) is 5.65. The molecule has 1 atom stereocenters. The van der Waals surface area contributed by atoms with E-state index in [0.29, 0.717) is 5.91 Å². The summed E-state index contributed by atoms with van der Waals surface area (Å²) >= 11 is 0. The quantitative estimate of drug-likeness (QED) is 0.612. The van der Waals surface area contributed by atoms with E-state index in [1.165, 1.54) is 6.42 Å². The van der Waals surface area contributed by atoms with Crippen LogP contribution in [-0.4, -0.2) is 32.8 Å². The molecule has 1 fully saturated rings. The first kappa shape index (κ1) is 29.7. The molecule has 1 heterocycles. The van der Waals surface area contributed by atoms with Crippen molar-refractivity contribution in [3.05, 3.63) is 36.4 Å². The molecular weight excluding hydrogens is 281 g/mol. The molecule has 0 N–H and O–H groups in total. The van der Waals surface area contributed by atoms with Crippen molar-refractivity contribution in [1.82, 2.24) is 4.90 Å². The number of rotatable bonds is 1. The first-order chi connectivity index (χ1) is 10.7. The van der Waals surface area contributed by atoms with Crippen LogP contribution < -0.4 is 0 Å². The van der Waals surface area contributed by atoms with Crippen LogP contribution in [-0.2, 0) is 4.79 Å². The first-order valence-electron chi connectivity index (χ1n) is 8.98. The van der Waals surface area contributed by atoms with Gasteiger partial charge in [0.25, 0.3) is 0 Å². The number of carbonyl (C=O) groups is 1. The summed E-state index contributed by atoms with van der Waals surface area (Å²) in [4.78, 5) is 12.8. The van der Waals surface area contributed by atoms with Gasteiger partial charge >= 0.3 is 0 Å². The van der Waals surface area contributed by atoms with Crippen molar-refractivity contribution < 1.29 is 4.79 Å². The lowest BCUT2D eigenvalue weighted by Gasteiger charge is -2.28. The van der Waals surface area contributed by atoms with Gasteiger partial charge in [-0.05, 0) is 12.3 Å². The molecule has 2 nitrogen and oxygen atoms in total. The lowest BCUT2D eigenvalue weighted by atomic mass is 9.96. The van der Waals surface area contributed by atoms with Crippen LogP contribution >= 0.6 is 0 Å². The standard InChI is InChI=1S/C8H15NO.C6H6.3C2H6.B/c1-3-7-4-5-8(10)9(2)6-7;1-2-4-6-5-3-1;3*1-2;/h7H,3-6H2,1-2H3;1-6H;3*1-2H3;. The number of piperidine rings is 1. The number of hydrogen-bond acceptors (Lipinski definition) is 1. The Balaban J connectivity index is -0.000000120. The Kier molecular flexibility index (Phi) is 33.2. The molecule has 133 valence electrons. The maximum Gasteiger partial charge on any atom is 0.222 e. The lowest BCUT2D eigenvalue weighted by Crippen LogP contribution is -2.36. The van der Waals surface area contributed by atoms with Crippen LogP contribution in [0.25, 0.3) is 0 Å². The highest BCUT2D eigenvalue weighted by atomic mass is 16.2. The van der Waals surface area contributed by atoms with E-state index < -0.39 is 0 Å². The number of benzene rings is 1. The van der Waals surface area contributed by atoms with Gasteiger partial charge in [-0.2, -0.15) is 0 Å². The molecule has 0 bridgehead atoms. The van der Waals surface area contributed by atoms with Crippen molar-refractivity contribution in [2.75, 3.05) is 13.6 Å². The minimum Gasteiger partial charge on any atom is -0.345 e. The van der Waals surface area contributed by atoms with E-state index in [1.54, 1.807) is 0 Å². The molecular formula is C20H39BNO. The fraction of sp³-hybridized carbons (Fsp3) is 0.650. The number of nitrogens with zero attached hydrogens (tertiary/aromatic N) is 1. The topological polar surface area (TPSA) is 20.3 Å². The van der Waals surface area contributed by atoms with Crippen molar-refractivity contribution in [1.29, 1.82) is 0 Å². The molecule has 1 aromatic rings. The summed E-state index contributed by atoms with van der Waals surface area (Å²) in [5.74, 6) is 1.06. The maximum atomic E-state index is 11.0.